The molecule has 0 spiro atoms. The topological polar surface area (TPSA) is 156 Å². The van der Waals surface area contributed by atoms with E-state index < -0.39 is 40.8 Å². The standard InChI is InChI=1S/C17H17AsN2O8/c1-9-8-13(19-11(3)22)17(18(23,24)28-27)16(15(9)10(2)21)12-6-4-5-7-14(12)20(25)26/h4-8,27H,1-3H3,(H,19,22)(H,23,24). The number of hydrogen-bond acceptors (Lipinski definition) is 7. The molecule has 2 aromatic carbocycles. The summed E-state index contributed by atoms with van der Waals surface area (Å²) in [5, 5.41) is 22.9. The number of carbonyl (C=O) groups excluding carboxylic acids is 2. The third-order valence-corrected chi connectivity index (χ3v) is 6.55. The van der Waals surface area contributed by atoms with Gasteiger partial charge in [0, 0.05) is 0 Å². The summed E-state index contributed by atoms with van der Waals surface area (Å²) in [6.45, 7) is 3.86. The molecule has 0 saturated heterocycles. The molecular weight excluding hydrogens is 435 g/mol. The molecule has 0 aliphatic heterocycles. The number of hydrogen-bond donors (Lipinski definition) is 3. The van der Waals surface area contributed by atoms with Crippen molar-refractivity contribution >= 4 is 41.6 Å². The summed E-state index contributed by atoms with van der Waals surface area (Å²) in [4.78, 5) is 34.7. The van der Waals surface area contributed by atoms with Crippen molar-refractivity contribution in [1.82, 2.24) is 0 Å². The van der Waals surface area contributed by atoms with Crippen LogP contribution in [0, 0.1) is 17.0 Å². The number of Topliss-reactive ketones (excluding diaryl/α,β-unsaturated/α-hetero) is 1. The number of amides is 1. The van der Waals surface area contributed by atoms with E-state index >= 15 is 0 Å². The van der Waals surface area contributed by atoms with Gasteiger partial charge in [0.1, 0.15) is 0 Å². The van der Waals surface area contributed by atoms with Gasteiger partial charge in [-0.15, -0.1) is 0 Å². The van der Waals surface area contributed by atoms with Gasteiger partial charge in [-0.05, 0) is 0 Å². The Labute approximate surface area is 162 Å². The molecule has 0 fully saturated rings. The molecule has 2 rings (SSSR count). The maximum absolute atomic E-state index is 12.7. The number of nitrogens with one attached hydrogen (secondary N) is 1. The fourth-order valence-corrected chi connectivity index (χ4v) is 5.13. The minimum atomic E-state index is -5.74. The van der Waals surface area contributed by atoms with Crippen molar-refractivity contribution < 1.29 is 31.5 Å². The van der Waals surface area contributed by atoms with Crippen molar-refractivity contribution in [2.45, 2.75) is 20.8 Å². The number of aryl methyl sites for hydroxylation is 1. The molecule has 0 aromatic heterocycles. The van der Waals surface area contributed by atoms with Crippen molar-refractivity contribution in [2.24, 2.45) is 0 Å². The van der Waals surface area contributed by atoms with Crippen molar-refractivity contribution in [3.63, 3.8) is 0 Å². The van der Waals surface area contributed by atoms with E-state index in [4.69, 9.17) is 5.26 Å². The predicted octanol–water partition coefficient (Wildman–Crippen LogP) is 1.79. The zero-order chi connectivity index (χ0) is 21.2. The number of nitro groups is 1. The second kappa shape index (κ2) is 8.07. The van der Waals surface area contributed by atoms with Gasteiger partial charge < -0.3 is 0 Å². The molecule has 0 saturated carbocycles. The van der Waals surface area contributed by atoms with Gasteiger partial charge in [-0.2, -0.15) is 0 Å². The Morgan fingerprint density at radius 2 is 1.86 bits per heavy atom. The number of carbonyl (C=O) groups is 2. The van der Waals surface area contributed by atoms with Crippen molar-refractivity contribution in [3.8, 4) is 11.1 Å². The molecule has 28 heavy (non-hydrogen) atoms. The summed E-state index contributed by atoms with van der Waals surface area (Å²) in [5.41, 5.74) is -0.757. The Kier molecular flexibility index (Phi) is 6.20. The number of nitro benzene ring substituents is 1. The van der Waals surface area contributed by atoms with Crippen LogP contribution in [0.15, 0.2) is 30.3 Å². The van der Waals surface area contributed by atoms with E-state index in [1.807, 2.05) is 0 Å². The summed E-state index contributed by atoms with van der Waals surface area (Å²) in [7, 11) is 0. The number of anilines is 1. The van der Waals surface area contributed by atoms with E-state index in [0.29, 0.717) is 5.56 Å². The zero-order valence-corrected chi connectivity index (χ0v) is 17.0. The summed E-state index contributed by atoms with van der Waals surface area (Å²) >= 11 is -5.74. The summed E-state index contributed by atoms with van der Waals surface area (Å²) in [6, 6.07) is 6.58. The third-order valence-electron chi connectivity index (χ3n) is 3.92. The molecule has 2 aromatic rings. The van der Waals surface area contributed by atoms with Crippen LogP contribution in [0.3, 0.4) is 0 Å². The quantitative estimate of drug-likeness (QED) is 0.197. The van der Waals surface area contributed by atoms with Crippen LogP contribution >= 0.6 is 0 Å². The van der Waals surface area contributed by atoms with Crippen LogP contribution in [0.5, 0.6) is 0 Å². The Morgan fingerprint density at radius 3 is 2.36 bits per heavy atom. The molecule has 0 aliphatic carbocycles. The number of ketones is 1. The van der Waals surface area contributed by atoms with Gasteiger partial charge in [0.2, 0.25) is 0 Å². The van der Waals surface area contributed by atoms with Crippen molar-refractivity contribution in [2.75, 3.05) is 5.32 Å². The van der Waals surface area contributed by atoms with Gasteiger partial charge in [-0.1, -0.05) is 0 Å². The molecule has 0 heterocycles. The van der Waals surface area contributed by atoms with E-state index in [9.17, 15) is 27.5 Å². The average molecular weight is 452 g/mol. The van der Waals surface area contributed by atoms with Crippen molar-refractivity contribution in [3.05, 3.63) is 51.6 Å². The summed E-state index contributed by atoms with van der Waals surface area (Å²) in [6.07, 6.45) is 0. The van der Waals surface area contributed by atoms with Crippen molar-refractivity contribution in [1.29, 1.82) is 0 Å². The molecule has 1 amide bonds. The molecule has 148 valence electrons. The van der Waals surface area contributed by atoms with Crippen LogP contribution in [0.25, 0.3) is 11.1 Å². The Bertz CT molecular complexity index is 1030. The second-order valence-corrected chi connectivity index (χ2v) is 9.42. The fraction of sp³-hybridized carbons (Fsp3) is 0.176. The second-order valence-electron chi connectivity index (χ2n) is 5.95. The van der Waals surface area contributed by atoms with E-state index in [1.54, 1.807) is 0 Å². The molecule has 1 unspecified atom stereocenters. The molecule has 3 N–H and O–H groups in total. The number of rotatable bonds is 6. The first-order valence-electron chi connectivity index (χ1n) is 7.87. The molecule has 10 nitrogen and oxygen atoms in total. The first kappa shape index (κ1) is 21.5. The molecule has 0 radical (unpaired) electrons. The number of nitrogens with zero attached hydrogens (tertiary/aromatic N) is 1. The van der Waals surface area contributed by atoms with Crippen LogP contribution in [0.1, 0.15) is 29.8 Å². The molecule has 0 bridgehead atoms. The normalized spacial score (nSPS) is 12.9. The van der Waals surface area contributed by atoms with Crippen LogP contribution in [-0.2, 0) is 12.4 Å². The zero-order valence-electron chi connectivity index (χ0n) is 15.1. The molecular formula is C17H17AsN2O8. The van der Waals surface area contributed by atoms with Gasteiger partial charge in [-0.3, -0.25) is 0 Å². The van der Waals surface area contributed by atoms with Crippen LogP contribution in [0.4, 0.5) is 11.4 Å². The summed E-state index contributed by atoms with van der Waals surface area (Å²) < 4.78 is 26.2. The van der Waals surface area contributed by atoms with Gasteiger partial charge >= 0.3 is 162 Å². The first-order chi connectivity index (χ1) is 13.0. The van der Waals surface area contributed by atoms with E-state index in [0.717, 1.165) is 6.92 Å². The van der Waals surface area contributed by atoms with E-state index in [-0.39, 0.29) is 22.4 Å². The number of benzene rings is 2. The monoisotopic (exact) mass is 452 g/mol. The summed E-state index contributed by atoms with van der Waals surface area (Å²) in [5.74, 6) is -1.13. The van der Waals surface area contributed by atoms with E-state index in [2.05, 4.69) is 9.19 Å². The number of para-hydroxylation sites is 1. The first-order valence-corrected chi connectivity index (χ1v) is 11.2. The Balaban J connectivity index is 3.14. The average Bonchev–Trinajstić information content (AvgIpc) is 2.59. The van der Waals surface area contributed by atoms with Crippen LogP contribution < -0.4 is 9.67 Å². The maximum atomic E-state index is 12.7. The Morgan fingerprint density at radius 1 is 1.25 bits per heavy atom. The predicted molar refractivity (Wildman–Crippen MR) is 99.6 cm³/mol. The van der Waals surface area contributed by atoms with Gasteiger partial charge in [-0.25, -0.2) is 0 Å². The van der Waals surface area contributed by atoms with Crippen LogP contribution in [-0.4, -0.2) is 40.1 Å². The van der Waals surface area contributed by atoms with Gasteiger partial charge in [0.05, 0.1) is 0 Å². The molecule has 0 aliphatic rings. The SMILES string of the molecule is CC(=O)Nc1cc(C)c(C(C)=O)c(-c2ccccc2[N+](=O)[O-])c1[As](=O)(O)OO. The van der Waals surface area contributed by atoms with Gasteiger partial charge in [0.25, 0.3) is 0 Å². The Hall–Kier alpha value is -2.78. The van der Waals surface area contributed by atoms with Gasteiger partial charge in [0.15, 0.2) is 0 Å². The molecule has 1 atom stereocenters. The van der Waals surface area contributed by atoms with E-state index in [1.165, 1.54) is 44.2 Å². The third kappa shape index (κ3) is 4.05. The fourth-order valence-electron chi connectivity index (χ4n) is 2.99. The minimum absolute atomic E-state index is 0.0638. The molecule has 11 heteroatoms. The van der Waals surface area contributed by atoms with Crippen LogP contribution in [0.2, 0.25) is 0 Å².